The summed E-state index contributed by atoms with van der Waals surface area (Å²) in [4.78, 5) is 11.3. The summed E-state index contributed by atoms with van der Waals surface area (Å²) in [6.45, 7) is -2.25. The predicted molar refractivity (Wildman–Crippen MR) is 70.5 cm³/mol. The molecule has 0 fully saturated rings. The SMILES string of the molecule is O=C(/C=C/c1ccc(Cl)cc1Cl)NCC(F)(F)CO. The first-order chi connectivity index (χ1) is 8.84. The van der Waals surface area contributed by atoms with E-state index < -0.39 is 25.0 Å². The van der Waals surface area contributed by atoms with Crippen LogP contribution in [0.3, 0.4) is 0 Å². The molecule has 0 aliphatic heterocycles. The van der Waals surface area contributed by atoms with Crippen molar-refractivity contribution in [3.63, 3.8) is 0 Å². The zero-order chi connectivity index (χ0) is 14.5. The number of benzene rings is 1. The largest absolute Gasteiger partial charge is 0.390 e. The third-order valence-corrected chi connectivity index (χ3v) is 2.69. The fourth-order valence-electron chi connectivity index (χ4n) is 1.13. The lowest BCUT2D eigenvalue weighted by atomic mass is 10.2. The van der Waals surface area contributed by atoms with Crippen molar-refractivity contribution in [2.75, 3.05) is 13.2 Å². The highest BCUT2D eigenvalue weighted by Gasteiger charge is 2.27. The molecule has 0 spiro atoms. The zero-order valence-electron chi connectivity index (χ0n) is 9.67. The molecule has 0 bridgehead atoms. The van der Waals surface area contributed by atoms with Crippen LogP contribution in [0.5, 0.6) is 0 Å². The van der Waals surface area contributed by atoms with Crippen molar-refractivity contribution in [1.29, 1.82) is 0 Å². The van der Waals surface area contributed by atoms with E-state index in [2.05, 4.69) is 0 Å². The second kappa shape index (κ2) is 6.84. The van der Waals surface area contributed by atoms with Crippen LogP contribution in [-0.2, 0) is 4.79 Å². The topological polar surface area (TPSA) is 49.3 Å². The number of carbonyl (C=O) groups is 1. The summed E-state index contributed by atoms with van der Waals surface area (Å²) < 4.78 is 25.3. The highest BCUT2D eigenvalue weighted by Crippen LogP contribution is 2.21. The number of hydrogen-bond acceptors (Lipinski definition) is 2. The van der Waals surface area contributed by atoms with Gasteiger partial charge in [-0.05, 0) is 23.8 Å². The molecular formula is C12H11Cl2F2NO2. The Morgan fingerprint density at radius 1 is 1.42 bits per heavy atom. The molecular weight excluding hydrogens is 299 g/mol. The fraction of sp³-hybridized carbons (Fsp3) is 0.250. The summed E-state index contributed by atoms with van der Waals surface area (Å²) in [7, 11) is 0. The molecule has 1 aromatic carbocycles. The van der Waals surface area contributed by atoms with Crippen LogP contribution in [0.25, 0.3) is 6.08 Å². The molecule has 0 aliphatic rings. The summed E-state index contributed by atoms with van der Waals surface area (Å²) in [5, 5.41) is 11.1. The number of rotatable bonds is 5. The minimum Gasteiger partial charge on any atom is -0.390 e. The summed E-state index contributed by atoms with van der Waals surface area (Å²) in [5.74, 6) is -4.04. The molecule has 0 unspecified atom stereocenters. The normalized spacial score (nSPS) is 11.8. The molecule has 0 saturated carbocycles. The van der Waals surface area contributed by atoms with Crippen molar-refractivity contribution in [2.24, 2.45) is 0 Å². The van der Waals surface area contributed by atoms with Crippen LogP contribution in [0.15, 0.2) is 24.3 Å². The lowest BCUT2D eigenvalue weighted by Crippen LogP contribution is -2.38. The van der Waals surface area contributed by atoms with Gasteiger partial charge in [-0.25, -0.2) is 8.78 Å². The summed E-state index contributed by atoms with van der Waals surface area (Å²) in [6.07, 6.45) is 2.45. The van der Waals surface area contributed by atoms with Gasteiger partial charge in [-0.2, -0.15) is 0 Å². The Labute approximate surface area is 118 Å². The van der Waals surface area contributed by atoms with Gasteiger partial charge in [0.05, 0.1) is 6.54 Å². The van der Waals surface area contributed by atoms with Gasteiger partial charge in [-0.15, -0.1) is 0 Å². The molecule has 0 aromatic heterocycles. The number of aliphatic hydroxyl groups excluding tert-OH is 1. The number of amides is 1. The molecule has 1 rings (SSSR count). The first kappa shape index (κ1) is 15.9. The average Bonchev–Trinajstić information content (AvgIpc) is 2.35. The van der Waals surface area contributed by atoms with Gasteiger partial charge in [0.15, 0.2) is 0 Å². The molecule has 0 atom stereocenters. The van der Waals surface area contributed by atoms with Crippen molar-refractivity contribution in [3.05, 3.63) is 39.9 Å². The van der Waals surface area contributed by atoms with Gasteiger partial charge in [0.25, 0.3) is 5.92 Å². The van der Waals surface area contributed by atoms with Crippen molar-refractivity contribution in [1.82, 2.24) is 5.32 Å². The lowest BCUT2D eigenvalue weighted by molar-refractivity contribution is -0.119. The van der Waals surface area contributed by atoms with Gasteiger partial charge in [-0.1, -0.05) is 29.3 Å². The molecule has 7 heteroatoms. The van der Waals surface area contributed by atoms with Crippen molar-refractivity contribution >= 4 is 35.2 Å². The first-order valence-corrected chi connectivity index (χ1v) is 5.99. The van der Waals surface area contributed by atoms with Crippen molar-refractivity contribution < 1.29 is 18.7 Å². The van der Waals surface area contributed by atoms with E-state index in [1.54, 1.807) is 12.1 Å². The average molecular weight is 310 g/mol. The Morgan fingerprint density at radius 2 is 2.11 bits per heavy atom. The molecule has 104 valence electrons. The maximum Gasteiger partial charge on any atom is 0.287 e. The number of alkyl halides is 2. The predicted octanol–water partition coefficient (Wildman–Crippen LogP) is 2.75. The molecule has 2 N–H and O–H groups in total. The third kappa shape index (κ3) is 5.55. The molecule has 19 heavy (non-hydrogen) atoms. The highest BCUT2D eigenvalue weighted by atomic mass is 35.5. The number of halogens is 4. The number of nitrogens with one attached hydrogen (secondary N) is 1. The van der Waals surface area contributed by atoms with Gasteiger partial charge in [0.2, 0.25) is 5.91 Å². The molecule has 0 saturated heterocycles. The van der Waals surface area contributed by atoms with Crippen LogP contribution in [0, 0.1) is 0 Å². The van der Waals surface area contributed by atoms with Crippen LogP contribution in [-0.4, -0.2) is 30.1 Å². The van der Waals surface area contributed by atoms with E-state index in [0.29, 0.717) is 15.6 Å². The number of carbonyl (C=O) groups excluding carboxylic acids is 1. The van der Waals surface area contributed by atoms with Crippen LogP contribution in [0.4, 0.5) is 8.78 Å². The van der Waals surface area contributed by atoms with E-state index in [-0.39, 0.29) is 0 Å². The van der Waals surface area contributed by atoms with Gasteiger partial charge >= 0.3 is 0 Å². The Kier molecular flexibility index (Phi) is 5.72. The maximum absolute atomic E-state index is 12.7. The van der Waals surface area contributed by atoms with E-state index in [0.717, 1.165) is 6.08 Å². The van der Waals surface area contributed by atoms with Crippen molar-refractivity contribution in [2.45, 2.75) is 5.92 Å². The van der Waals surface area contributed by atoms with Crippen LogP contribution >= 0.6 is 23.2 Å². The monoisotopic (exact) mass is 309 g/mol. The Hall–Kier alpha value is -1.17. The fourth-order valence-corrected chi connectivity index (χ4v) is 1.60. The molecule has 3 nitrogen and oxygen atoms in total. The van der Waals surface area contributed by atoms with Crippen LogP contribution in [0.2, 0.25) is 10.0 Å². The number of aliphatic hydroxyl groups is 1. The Balaban J connectivity index is 2.59. The third-order valence-electron chi connectivity index (χ3n) is 2.13. The van der Waals surface area contributed by atoms with Gasteiger partial charge in [0.1, 0.15) is 6.61 Å². The summed E-state index contributed by atoms with van der Waals surface area (Å²) in [5.41, 5.74) is 0.537. The Bertz CT molecular complexity index is 493. The smallest absolute Gasteiger partial charge is 0.287 e. The van der Waals surface area contributed by atoms with E-state index in [9.17, 15) is 13.6 Å². The number of hydrogen-bond donors (Lipinski definition) is 2. The standard InChI is InChI=1S/C12H11Cl2F2NO2/c13-9-3-1-8(10(14)5-9)2-4-11(19)17-6-12(15,16)7-18/h1-5,18H,6-7H2,(H,17,19)/b4-2+. The molecule has 1 amide bonds. The maximum atomic E-state index is 12.7. The molecule has 1 aromatic rings. The molecule has 0 radical (unpaired) electrons. The summed E-state index contributed by atoms with van der Waals surface area (Å²) in [6, 6.07) is 4.68. The lowest BCUT2D eigenvalue weighted by Gasteiger charge is -2.12. The second-order valence-corrected chi connectivity index (χ2v) is 4.57. The minimum atomic E-state index is -3.33. The first-order valence-electron chi connectivity index (χ1n) is 5.24. The second-order valence-electron chi connectivity index (χ2n) is 3.73. The van der Waals surface area contributed by atoms with E-state index in [1.165, 1.54) is 12.1 Å². The Morgan fingerprint density at radius 3 is 2.68 bits per heavy atom. The minimum absolute atomic E-state index is 0.345. The van der Waals surface area contributed by atoms with Crippen LogP contribution in [0.1, 0.15) is 5.56 Å². The highest BCUT2D eigenvalue weighted by molar-refractivity contribution is 6.35. The molecule has 0 heterocycles. The van der Waals surface area contributed by atoms with E-state index in [4.69, 9.17) is 28.3 Å². The molecule has 0 aliphatic carbocycles. The van der Waals surface area contributed by atoms with Crippen LogP contribution < -0.4 is 5.32 Å². The zero-order valence-corrected chi connectivity index (χ0v) is 11.2. The van der Waals surface area contributed by atoms with E-state index >= 15 is 0 Å². The van der Waals surface area contributed by atoms with E-state index in [1.807, 2.05) is 5.32 Å². The van der Waals surface area contributed by atoms with Crippen molar-refractivity contribution in [3.8, 4) is 0 Å². The summed E-state index contributed by atoms with van der Waals surface area (Å²) >= 11 is 11.6. The quantitative estimate of drug-likeness (QED) is 0.822. The van der Waals surface area contributed by atoms with Gasteiger partial charge < -0.3 is 10.4 Å². The van der Waals surface area contributed by atoms with Gasteiger partial charge in [0, 0.05) is 16.1 Å². The van der Waals surface area contributed by atoms with Gasteiger partial charge in [-0.3, -0.25) is 4.79 Å².